The van der Waals surface area contributed by atoms with Crippen LogP contribution in [0.5, 0.6) is 11.5 Å². The molecule has 0 spiro atoms. The summed E-state index contributed by atoms with van der Waals surface area (Å²) >= 11 is 0.941. The molecule has 3 aromatic rings. The van der Waals surface area contributed by atoms with Gasteiger partial charge in [-0.15, -0.1) is 0 Å². The van der Waals surface area contributed by atoms with E-state index in [2.05, 4.69) is 9.97 Å². The molecule has 198 valence electrons. The fourth-order valence-corrected chi connectivity index (χ4v) is 5.11. The third-order valence-corrected chi connectivity index (χ3v) is 6.87. The minimum absolute atomic E-state index is 0.123. The van der Waals surface area contributed by atoms with Gasteiger partial charge in [0, 0.05) is 18.0 Å². The van der Waals surface area contributed by atoms with Gasteiger partial charge >= 0.3 is 11.9 Å². The van der Waals surface area contributed by atoms with Crippen molar-refractivity contribution < 1.29 is 33.7 Å². The van der Waals surface area contributed by atoms with Crippen LogP contribution in [0, 0.1) is 6.92 Å². The summed E-state index contributed by atoms with van der Waals surface area (Å²) in [6.07, 6.45) is 2.94. The molecule has 1 aliphatic heterocycles. The van der Waals surface area contributed by atoms with Gasteiger partial charge < -0.3 is 19.3 Å². The maximum absolute atomic E-state index is 13.4. The monoisotopic (exact) mass is 537 g/mol. The Labute approximate surface area is 223 Å². The average molecular weight is 538 g/mol. The second-order valence-electron chi connectivity index (χ2n) is 8.11. The van der Waals surface area contributed by atoms with E-state index in [-0.39, 0.29) is 27.9 Å². The van der Waals surface area contributed by atoms with Gasteiger partial charge in [0.1, 0.15) is 10.6 Å². The Morgan fingerprint density at radius 1 is 1.03 bits per heavy atom. The van der Waals surface area contributed by atoms with Crippen LogP contribution in [0.25, 0.3) is 5.76 Å². The lowest BCUT2D eigenvalue weighted by atomic mass is 9.95. The highest BCUT2D eigenvalue weighted by molar-refractivity contribution is 7.17. The fraction of sp³-hybridized carbons (Fsp3) is 0.296. The van der Waals surface area contributed by atoms with E-state index in [0.29, 0.717) is 41.5 Å². The number of benzene rings is 1. The van der Waals surface area contributed by atoms with Crippen molar-refractivity contribution >= 4 is 39.9 Å². The Morgan fingerprint density at radius 3 is 2.37 bits per heavy atom. The van der Waals surface area contributed by atoms with Crippen molar-refractivity contribution in [1.82, 2.24) is 9.97 Å². The minimum atomic E-state index is -1.06. The lowest BCUT2D eigenvalue weighted by Gasteiger charge is -2.24. The second kappa shape index (κ2) is 11.4. The highest BCUT2D eigenvalue weighted by Crippen LogP contribution is 2.45. The molecule has 1 aliphatic rings. The number of carbonyl (C=O) groups is 3. The van der Waals surface area contributed by atoms with Gasteiger partial charge in [0.15, 0.2) is 16.6 Å². The van der Waals surface area contributed by atoms with E-state index in [0.717, 1.165) is 11.3 Å². The number of ketones is 1. The number of aliphatic hydroxyl groups is 1. The Hall–Kier alpha value is -4.25. The van der Waals surface area contributed by atoms with E-state index in [9.17, 15) is 19.5 Å². The van der Waals surface area contributed by atoms with Gasteiger partial charge in [-0.2, -0.15) is 0 Å². The molecule has 1 unspecified atom stereocenters. The first-order valence-electron chi connectivity index (χ1n) is 12.1. The van der Waals surface area contributed by atoms with E-state index in [4.69, 9.17) is 14.2 Å². The number of carbonyl (C=O) groups excluding carboxylic acids is 3. The number of ether oxygens (including phenoxy) is 3. The third kappa shape index (κ3) is 4.97. The van der Waals surface area contributed by atoms with E-state index < -0.39 is 23.7 Å². The molecule has 1 aromatic carbocycles. The van der Waals surface area contributed by atoms with Crippen LogP contribution in [0.4, 0.5) is 5.13 Å². The van der Waals surface area contributed by atoms with Crippen molar-refractivity contribution in [2.75, 3.05) is 24.7 Å². The van der Waals surface area contributed by atoms with Crippen molar-refractivity contribution in [2.45, 2.75) is 33.7 Å². The zero-order valence-corrected chi connectivity index (χ0v) is 22.2. The summed E-state index contributed by atoms with van der Waals surface area (Å²) in [4.78, 5) is 49.1. The molecular formula is C27H27N3O7S. The topological polar surface area (TPSA) is 128 Å². The number of esters is 1. The number of anilines is 1. The van der Waals surface area contributed by atoms with Crippen LogP contribution in [0.1, 0.15) is 53.3 Å². The minimum Gasteiger partial charge on any atom is -0.507 e. The van der Waals surface area contributed by atoms with Gasteiger partial charge in [0.2, 0.25) is 0 Å². The Balaban J connectivity index is 1.93. The summed E-state index contributed by atoms with van der Waals surface area (Å²) in [6, 6.07) is 7.08. The Morgan fingerprint density at radius 2 is 1.71 bits per heavy atom. The van der Waals surface area contributed by atoms with Crippen LogP contribution < -0.4 is 14.4 Å². The highest BCUT2D eigenvalue weighted by Gasteiger charge is 2.48. The molecule has 0 aliphatic carbocycles. The molecule has 1 saturated heterocycles. The Kier molecular flexibility index (Phi) is 8.06. The van der Waals surface area contributed by atoms with E-state index >= 15 is 0 Å². The molecular weight excluding hydrogens is 510 g/mol. The van der Waals surface area contributed by atoms with Crippen molar-refractivity contribution in [3.63, 3.8) is 0 Å². The maximum Gasteiger partial charge on any atom is 0.350 e. The van der Waals surface area contributed by atoms with Crippen LogP contribution in [-0.4, -0.2) is 52.6 Å². The maximum atomic E-state index is 13.4. The fourth-order valence-electron chi connectivity index (χ4n) is 4.12. The van der Waals surface area contributed by atoms with Gasteiger partial charge in [-0.05, 0) is 57.5 Å². The molecule has 1 N–H and O–H groups in total. The predicted molar refractivity (Wildman–Crippen MR) is 141 cm³/mol. The summed E-state index contributed by atoms with van der Waals surface area (Å²) in [5.74, 6) is -1.78. The lowest BCUT2D eigenvalue weighted by molar-refractivity contribution is -0.132. The largest absolute Gasteiger partial charge is 0.507 e. The zero-order valence-electron chi connectivity index (χ0n) is 21.4. The predicted octanol–water partition coefficient (Wildman–Crippen LogP) is 4.45. The number of nitrogens with zero attached hydrogens (tertiary/aromatic N) is 3. The number of pyridine rings is 1. The van der Waals surface area contributed by atoms with Crippen LogP contribution in [0.2, 0.25) is 0 Å². The van der Waals surface area contributed by atoms with Crippen LogP contribution in [0.3, 0.4) is 0 Å². The van der Waals surface area contributed by atoms with E-state index in [1.165, 1.54) is 29.4 Å². The molecule has 0 radical (unpaired) electrons. The standard InChI is InChI=1S/C27H27N3O7S/c1-5-35-18-9-8-17(14-19(18)36-6-2)21-20(22(31)16-10-12-28-13-11-16)23(32)25(33)30(21)27-29-15(4)24(38-27)26(34)37-7-3/h8-14,21,31H,5-7H2,1-4H3. The molecule has 0 bridgehead atoms. The Bertz CT molecular complexity index is 1400. The molecule has 1 amide bonds. The number of aryl methyl sites for hydroxylation is 1. The molecule has 1 fully saturated rings. The summed E-state index contributed by atoms with van der Waals surface area (Å²) < 4.78 is 16.6. The van der Waals surface area contributed by atoms with Crippen molar-refractivity contribution in [3.8, 4) is 11.5 Å². The molecule has 10 nitrogen and oxygen atoms in total. The second-order valence-corrected chi connectivity index (χ2v) is 9.09. The van der Waals surface area contributed by atoms with Crippen molar-refractivity contribution in [3.05, 3.63) is 70.0 Å². The quantitative estimate of drug-likeness (QED) is 0.182. The number of aromatic nitrogens is 2. The van der Waals surface area contributed by atoms with Gasteiger partial charge in [-0.3, -0.25) is 19.5 Å². The van der Waals surface area contributed by atoms with E-state index in [1.54, 1.807) is 32.0 Å². The normalized spacial score (nSPS) is 16.5. The number of thiazole rings is 1. The highest BCUT2D eigenvalue weighted by atomic mass is 32.1. The molecule has 3 heterocycles. The molecule has 1 atom stereocenters. The van der Waals surface area contributed by atoms with Gasteiger partial charge in [-0.1, -0.05) is 17.4 Å². The summed E-state index contributed by atoms with van der Waals surface area (Å²) in [5, 5.41) is 11.4. The van der Waals surface area contributed by atoms with E-state index in [1.807, 2.05) is 13.8 Å². The van der Waals surface area contributed by atoms with Crippen molar-refractivity contribution in [2.24, 2.45) is 0 Å². The number of hydrogen-bond acceptors (Lipinski definition) is 10. The first kappa shape index (κ1) is 26.8. The SMILES string of the molecule is CCOC(=O)c1sc(N2C(=O)C(=O)C(=C(O)c3ccncc3)C2c2ccc(OCC)c(OCC)c2)nc1C. The molecule has 38 heavy (non-hydrogen) atoms. The first-order valence-corrected chi connectivity index (χ1v) is 12.9. The molecule has 11 heteroatoms. The van der Waals surface area contributed by atoms with Gasteiger partial charge in [0.05, 0.1) is 37.1 Å². The molecule has 2 aromatic heterocycles. The number of hydrogen-bond donors (Lipinski definition) is 1. The van der Waals surface area contributed by atoms with Gasteiger partial charge in [-0.25, -0.2) is 9.78 Å². The number of rotatable bonds is 9. The third-order valence-electron chi connectivity index (χ3n) is 5.73. The molecule has 4 rings (SSSR count). The first-order chi connectivity index (χ1) is 18.3. The van der Waals surface area contributed by atoms with Gasteiger partial charge in [0.25, 0.3) is 5.78 Å². The zero-order chi connectivity index (χ0) is 27.4. The molecule has 0 saturated carbocycles. The van der Waals surface area contributed by atoms with Crippen LogP contribution >= 0.6 is 11.3 Å². The van der Waals surface area contributed by atoms with Crippen LogP contribution in [-0.2, 0) is 14.3 Å². The lowest BCUT2D eigenvalue weighted by Crippen LogP contribution is -2.29. The summed E-state index contributed by atoms with van der Waals surface area (Å²) in [5.41, 5.74) is 1.04. The number of Topliss-reactive ketones (excluding diaryl/α,β-unsaturated/α-hetero) is 1. The average Bonchev–Trinajstić information content (AvgIpc) is 3.42. The summed E-state index contributed by atoms with van der Waals surface area (Å²) in [7, 11) is 0. The van der Waals surface area contributed by atoms with Crippen molar-refractivity contribution in [1.29, 1.82) is 0 Å². The smallest absolute Gasteiger partial charge is 0.350 e. The number of amides is 1. The number of aliphatic hydroxyl groups excluding tert-OH is 1. The van der Waals surface area contributed by atoms with Crippen LogP contribution in [0.15, 0.2) is 48.3 Å². The summed E-state index contributed by atoms with van der Waals surface area (Å²) in [6.45, 7) is 7.93.